The molecule has 0 aliphatic heterocycles. The van der Waals surface area contributed by atoms with E-state index in [0.717, 1.165) is 10.9 Å². The molecule has 2 rings (SSSR count). The summed E-state index contributed by atoms with van der Waals surface area (Å²) in [6, 6.07) is 5.28. The van der Waals surface area contributed by atoms with Crippen LogP contribution in [-0.2, 0) is 11.8 Å². The minimum absolute atomic E-state index is 0.370. The monoisotopic (exact) mass is 207 g/mol. The molecule has 4 nitrogen and oxygen atoms in total. The van der Waals surface area contributed by atoms with Crippen LogP contribution in [0.3, 0.4) is 0 Å². The van der Waals surface area contributed by atoms with Crippen LogP contribution < -0.4 is 0 Å². The van der Waals surface area contributed by atoms with Crippen LogP contribution in [0.5, 0.6) is 0 Å². The number of halogens is 1. The van der Waals surface area contributed by atoms with Crippen molar-refractivity contribution in [3.8, 4) is 0 Å². The molecule has 0 spiro atoms. The lowest BCUT2D eigenvalue weighted by Gasteiger charge is -1.93. The molecule has 0 saturated heterocycles. The molecular formula is C9H6ClN3O. The number of hydrogen-bond donors (Lipinski definition) is 0. The lowest BCUT2D eigenvalue weighted by atomic mass is 10.2. The fourth-order valence-electron chi connectivity index (χ4n) is 1.34. The molecule has 2 aromatic rings. The molecular weight excluding hydrogens is 202 g/mol. The van der Waals surface area contributed by atoms with E-state index in [1.54, 1.807) is 29.9 Å². The second-order valence-corrected chi connectivity index (χ2v) is 3.25. The molecule has 0 aliphatic carbocycles. The topological polar surface area (TPSA) is 47.2 Å². The molecule has 0 saturated carbocycles. The van der Waals surface area contributed by atoms with Gasteiger partial charge < -0.3 is 0 Å². The van der Waals surface area contributed by atoms with Crippen LogP contribution >= 0.6 is 11.6 Å². The molecule has 0 N–H and O–H groups in total. The fraction of sp³-hybridized carbons (Fsp3) is 0.111. The van der Waals surface area contributed by atoms with Crippen LogP contribution in [0, 0.1) is 0 Å². The number of rotatable bonds is 1. The van der Waals surface area contributed by atoms with E-state index in [0.29, 0.717) is 10.8 Å². The predicted octanol–water partition coefficient (Wildman–Crippen LogP) is 2.19. The maximum Gasteiger partial charge on any atom is 0.242 e. The third-order valence-electron chi connectivity index (χ3n) is 1.95. The lowest BCUT2D eigenvalue weighted by molar-refractivity contribution is 0.565. The van der Waals surface area contributed by atoms with E-state index < -0.39 is 0 Å². The van der Waals surface area contributed by atoms with Crippen LogP contribution in [-0.4, -0.2) is 15.9 Å². The highest BCUT2D eigenvalue weighted by atomic mass is 35.5. The molecule has 0 unspecified atom stereocenters. The number of aliphatic imine (C=N–C) groups is 1. The number of carbonyl (C=O) groups excluding carboxylic acids is 1. The summed E-state index contributed by atoms with van der Waals surface area (Å²) < 4.78 is 1.62. The van der Waals surface area contributed by atoms with Gasteiger partial charge in [-0.15, -0.1) is 4.99 Å². The summed E-state index contributed by atoms with van der Waals surface area (Å²) in [7, 11) is 1.77. The molecule has 0 atom stereocenters. The Morgan fingerprint density at radius 1 is 1.57 bits per heavy atom. The Morgan fingerprint density at radius 2 is 2.36 bits per heavy atom. The van der Waals surface area contributed by atoms with Crippen LogP contribution in [0.2, 0.25) is 5.02 Å². The van der Waals surface area contributed by atoms with E-state index in [4.69, 9.17) is 11.6 Å². The molecule has 0 radical (unpaired) electrons. The minimum atomic E-state index is 0.370. The molecule has 14 heavy (non-hydrogen) atoms. The Kier molecular flexibility index (Phi) is 2.08. The van der Waals surface area contributed by atoms with Gasteiger partial charge in [-0.25, -0.2) is 4.79 Å². The van der Waals surface area contributed by atoms with Gasteiger partial charge in [0.25, 0.3) is 0 Å². The Labute approximate surface area is 84.8 Å². The van der Waals surface area contributed by atoms with Crippen molar-refractivity contribution in [3.05, 3.63) is 23.2 Å². The van der Waals surface area contributed by atoms with Crippen molar-refractivity contribution in [2.24, 2.45) is 12.0 Å². The van der Waals surface area contributed by atoms with E-state index in [-0.39, 0.29) is 0 Å². The number of isocyanates is 1. The van der Waals surface area contributed by atoms with Gasteiger partial charge in [0.2, 0.25) is 6.08 Å². The first-order valence-electron chi connectivity index (χ1n) is 3.92. The van der Waals surface area contributed by atoms with Gasteiger partial charge in [0, 0.05) is 17.5 Å². The number of hydrogen-bond acceptors (Lipinski definition) is 3. The third kappa shape index (κ3) is 1.31. The highest BCUT2D eigenvalue weighted by molar-refractivity contribution is 6.31. The van der Waals surface area contributed by atoms with E-state index in [9.17, 15) is 4.79 Å². The van der Waals surface area contributed by atoms with Crippen LogP contribution in [0.25, 0.3) is 10.9 Å². The first kappa shape index (κ1) is 8.94. The smallest absolute Gasteiger partial charge is 0.242 e. The Balaban J connectivity index is 2.83. The summed E-state index contributed by atoms with van der Waals surface area (Å²) in [4.78, 5) is 13.6. The number of fused-ring (bicyclic) bond motifs is 1. The zero-order chi connectivity index (χ0) is 10.1. The summed E-state index contributed by atoms with van der Waals surface area (Å²) in [5.41, 5.74) is 0.839. The third-order valence-corrected chi connectivity index (χ3v) is 2.18. The maximum absolute atomic E-state index is 10.1. The van der Waals surface area contributed by atoms with Crippen molar-refractivity contribution in [3.63, 3.8) is 0 Å². The van der Waals surface area contributed by atoms with Gasteiger partial charge in [-0.05, 0) is 18.2 Å². The van der Waals surface area contributed by atoms with E-state index in [1.165, 1.54) is 6.08 Å². The van der Waals surface area contributed by atoms with Crippen molar-refractivity contribution in [2.75, 3.05) is 0 Å². The Morgan fingerprint density at radius 3 is 3.07 bits per heavy atom. The van der Waals surface area contributed by atoms with Crippen molar-refractivity contribution < 1.29 is 4.79 Å². The van der Waals surface area contributed by atoms with Crippen molar-refractivity contribution >= 4 is 34.4 Å². The zero-order valence-electron chi connectivity index (χ0n) is 7.36. The highest BCUT2D eigenvalue weighted by Gasteiger charge is 2.07. The Hall–Kier alpha value is -1.64. The summed E-state index contributed by atoms with van der Waals surface area (Å²) in [5, 5.41) is 5.47. The first-order valence-corrected chi connectivity index (χ1v) is 4.30. The maximum atomic E-state index is 10.1. The largest absolute Gasteiger partial charge is 0.266 e. The van der Waals surface area contributed by atoms with E-state index in [1.807, 2.05) is 0 Å². The predicted molar refractivity (Wildman–Crippen MR) is 53.5 cm³/mol. The second kappa shape index (κ2) is 3.25. The summed E-state index contributed by atoms with van der Waals surface area (Å²) in [6.07, 6.45) is 1.47. The first-order chi connectivity index (χ1) is 6.72. The number of benzene rings is 1. The van der Waals surface area contributed by atoms with Crippen molar-refractivity contribution in [1.29, 1.82) is 0 Å². The lowest BCUT2D eigenvalue weighted by Crippen LogP contribution is -1.88. The van der Waals surface area contributed by atoms with E-state index in [2.05, 4.69) is 10.1 Å². The van der Waals surface area contributed by atoms with Gasteiger partial charge in [-0.2, -0.15) is 5.10 Å². The SMILES string of the molecule is Cn1nc(N=C=O)c2ccc(Cl)cc21. The van der Waals surface area contributed by atoms with Gasteiger partial charge in [-0.1, -0.05) is 11.6 Å². The zero-order valence-corrected chi connectivity index (χ0v) is 8.12. The second-order valence-electron chi connectivity index (χ2n) is 2.81. The van der Waals surface area contributed by atoms with Gasteiger partial charge in [0.1, 0.15) is 0 Å². The molecule has 1 heterocycles. The van der Waals surface area contributed by atoms with Crippen LogP contribution in [0.4, 0.5) is 5.82 Å². The average molecular weight is 208 g/mol. The number of aryl methyl sites for hydroxylation is 1. The van der Waals surface area contributed by atoms with Crippen molar-refractivity contribution in [1.82, 2.24) is 9.78 Å². The molecule has 0 bridgehead atoms. The Bertz CT molecular complexity index is 540. The van der Waals surface area contributed by atoms with Crippen LogP contribution in [0.1, 0.15) is 0 Å². The van der Waals surface area contributed by atoms with Gasteiger partial charge in [0.15, 0.2) is 5.82 Å². The molecule has 0 fully saturated rings. The summed E-state index contributed by atoms with van der Waals surface area (Å²) in [5.74, 6) is 0.370. The highest BCUT2D eigenvalue weighted by Crippen LogP contribution is 2.26. The average Bonchev–Trinajstić information content (AvgIpc) is 2.44. The molecule has 0 amide bonds. The summed E-state index contributed by atoms with van der Waals surface area (Å²) >= 11 is 5.83. The van der Waals surface area contributed by atoms with Gasteiger partial charge in [0.05, 0.1) is 5.52 Å². The number of aromatic nitrogens is 2. The van der Waals surface area contributed by atoms with E-state index >= 15 is 0 Å². The van der Waals surface area contributed by atoms with Crippen molar-refractivity contribution in [2.45, 2.75) is 0 Å². The number of nitrogens with zero attached hydrogens (tertiary/aromatic N) is 3. The van der Waals surface area contributed by atoms with Gasteiger partial charge >= 0.3 is 0 Å². The quantitative estimate of drug-likeness (QED) is 0.532. The standard InChI is InChI=1S/C9H6ClN3O/c1-13-8-4-6(10)2-3-7(8)9(12-13)11-5-14/h2-4H,1H3. The molecule has 1 aromatic carbocycles. The fourth-order valence-corrected chi connectivity index (χ4v) is 1.50. The minimum Gasteiger partial charge on any atom is -0.266 e. The molecule has 5 heteroatoms. The molecule has 1 aromatic heterocycles. The van der Waals surface area contributed by atoms with Crippen LogP contribution in [0.15, 0.2) is 23.2 Å². The molecule has 70 valence electrons. The normalized spacial score (nSPS) is 10.1. The summed E-state index contributed by atoms with van der Waals surface area (Å²) in [6.45, 7) is 0. The molecule has 0 aliphatic rings. The van der Waals surface area contributed by atoms with Gasteiger partial charge in [-0.3, -0.25) is 4.68 Å².